The standard InChI is InChI=1S/C10H12N4O2/c11-7-3-6(4-8(12)5-7)10-13-9(1-2-15)14-16-10/h3-5,15H,1-2,11-12H2. The van der Waals surface area contributed by atoms with Crippen molar-refractivity contribution in [2.24, 2.45) is 0 Å². The third-order valence-electron chi connectivity index (χ3n) is 2.03. The molecule has 1 aromatic carbocycles. The lowest BCUT2D eigenvalue weighted by Gasteiger charge is -1.99. The summed E-state index contributed by atoms with van der Waals surface area (Å²) < 4.78 is 5.03. The molecule has 0 saturated heterocycles. The average molecular weight is 220 g/mol. The zero-order chi connectivity index (χ0) is 11.5. The van der Waals surface area contributed by atoms with Crippen molar-refractivity contribution in [2.75, 3.05) is 18.1 Å². The molecule has 0 saturated carbocycles. The second kappa shape index (κ2) is 4.19. The first-order valence-electron chi connectivity index (χ1n) is 4.79. The normalized spacial score (nSPS) is 10.6. The molecule has 84 valence electrons. The summed E-state index contributed by atoms with van der Waals surface area (Å²) in [5.74, 6) is 0.806. The van der Waals surface area contributed by atoms with E-state index < -0.39 is 0 Å². The van der Waals surface area contributed by atoms with Gasteiger partial charge in [0.05, 0.1) is 6.61 Å². The van der Waals surface area contributed by atoms with E-state index >= 15 is 0 Å². The lowest BCUT2D eigenvalue weighted by molar-refractivity contribution is 0.293. The fourth-order valence-electron chi connectivity index (χ4n) is 1.37. The minimum Gasteiger partial charge on any atom is -0.399 e. The van der Waals surface area contributed by atoms with E-state index in [9.17, 15) is 0 Å². The van der Waals surface area contributed by atoms with Crippen molar-refractivity contribution in [1.82, 2.24) is 10.1 Å². The molecule has 0 aliphatic rings. The summed E-state index contributed by atoms with van der Waals surface area (Å²) in [7, 11) is 0. The number of hydrogen-bond donors (Lipinski definition) is 3. The molecule has 6 nitrogen and oxygen atoms in total. The predicted molar refractivity (Wildman–Crippen MR) is 59.3 cm³/mol. The maximum Gasteiger partial charge on any atom is 0.258 e. The molecule has 1 heterocycles. The zero-order valence-electron chi connectivity index (χ0n) is 8.55. The smallest absolute Gasteiger partial charge is 0.258 e. The van der Waals surface area contributed by atoms with Gasteiger partial charge in [0, 0.05) is 23.4 Å². The molecule has 16 heavy (non-hydrogen) atoms. The van der Waals surface area contributed by atoms with Gasteiger partial charge < -0.3 is 21.1 Å². The van der Waals surface area contributed by atoms with Gasteiger partial charge in [-0.3, -0.25) is 0 Å². The summed E-state index contributed by atoms with van der Waals surface area (Å²) in [4.78, 5) is 4.10. The van der Waals surface area contributed by atoms with Crippen molar-refractivity contribution in [3.05, 3.63) is 24.0 Å². The quantitative estimate of drug-likeness (QED) is 0.647. The van der Waals surface area contributed by atoms with Crippen molar-refractivity contribution in [3.8, 4) is 11.5 Å². The van der Waals surface area contributed by atoms with E-state index in [1.165, 1.54) is 0 Å². The molecule has 0 spiro atoms. The summed E-state index contributed by atoms with van der Waals surface area (Å²) >= 11 is 0. The molecule has 0 bridgehead atoms. The Bertz CT molecular complexity index is 475. The van der Waals surface area contributed by atoms with E-state index in [2.05, 4.69) is 10.1 Å². The van der Waals surface area contributed by atoms with E-state index in [1.54, 1.807) is 18.2 Å². The molecule has 0 unspecified atom stereocenters. The Morgan fingerprint density at radius 1 is 1.19 bits per heavy atom. The number of hydrogen-bond acceptors (Lipinski definition) is 6. The van der Waals surface area contributed by atoms with E-state index in [0.29, 0.717) is 35.1 Å². The monoisotopic (exact) mass is 220 g/mol. The van der Waals surface area contributed by atoms with Crippen LogP contribution in [0.15, 0.2) is 22.7 Å². The number of nitrogen functional groups attached to an aromatic ring is 2. The Balaban J connectivity index is 2.34. The summed E-state index contributed by atoms with van der Waals surface area (Å²) in [6.07, 6.45) is 0.362. The van der Waals surface area contributed by atoms with Gasteiger partial charge in [0.2, 0.25) is 0 Å². The zero-order valence-corrected chi connectivity index (χ0v) is 8.55. The van der Waals surface area contributed by atoms with Gasteiger partial charge in [-0.1, -0.05) is 5.16 Å². The third-order valence-corrected chi connectivity index (χ3v) is 2.03. The largest absolute Gasteiger partial charge is 0.399 e. The van der Waals surface area contributed by atoms with E-state index in [4.69, 9.17) is 21.1 Å². The number of aliphatic hydroxyl groups is 1. The third kappa shape index (κ3) is 2.12. The molecule has 6 heteroatoms. The Morgan fingerprint density at radius 3 is 2.50 bits per heavy atom. The van der Waals surface area contributed by atoms with Gasteiger partial charge in [0.15, 0.2) is 5.82 Å². The number of aliphatic hydroxyl groups excluding tert-OH is 1. The maximum absolute atomic E-state index is 8.73. The van der Waals surface area contributed by atoms with Crippen LogP contribution in [0.5, 0.6) is 0 Å². The van der Waals surface area contributed by atoms with Crippen molar-refractivity contribution in [1.29, 1.82) is 0 Å². The molecule has 2 aromatic rings. The van der Waals surface area contributed by atoms with Crippen LogP contribution in [0.4, 0.5) is 11.4 Å². The lowest BCUT2D eigenvalue weighted by Crippen LogP contribution is -1.93. The number of nitrogens with zero attached hydrogens (tertiary/aromatic N) is 2. The van der Waals surface area contributed by atoms with Crippen LogP contribution in [0.2, 0.25) is 0 Å². The first-order chi connectivity index (χ1) is 7.69. The summed E-state index contributed by atoms with van der Waals surface area (Å²) in [5, 5.41) is 12.4. The van der Waals surface area contributed by atoms with Crippen LogP contribution in [0.25, 0.3) is 11.5 Å². The van der Waals surface area contributed by atoms with Crippen molar-refractivity contribution < 1.29 is 9.63 Å². The Kier molecular flexibility index (Phi) is 2.74. The van der Waals surface area contributed by atoms with Gasteiger partial charge in [0.25, 0.3) is 5.89 Å². The Hall–Kier alpha value is -2.08. The molecular formula is C10H12N4O2. The van der Waals surface area contributed by atoms with Crippen molar-refractivity contribution in [2.45, 2.75) is 6.42 Å². The molecule has 0 aliphatic carbocycles. The Labute approximate surface area is 91.9 Å². The number of aromatic nitrogens is 2. The molecule has 0 atom stereocenters. The van der Waals surface area contributed by atoms with Gasteiger partial charge >= 0.3 is 0 Å². The molecule has 2 rings (SSSR count). The topological polar surface area (TPSA) is 111 Å². The highest BCUT2D eigenvalue weighted by Crippen LogP contribution is 2.23. The average Bonchev–Trinajstić information content (AvgIpc) is 2.65. The second-order valence-corrected chi connectivity index (χ2v) is 3.38. The molecular weight excluding hydrogens is 208 g/mol. The number of rotatable bonds is 3. The Morgan fingerprint density at radius 2 is 1.88 bits per heavy atom. The van der Waals surface area contributed by atoms with Gasteiger partial charge in [0.1, 0.15) is 0 Å². The van der Waals surface area contributed by atoms with Crippen LogP contribution in [0.1, 0.15) is 5.82 Å². The fraction of sp³-hybridized carbons (Fsp3) is 0.200. The van der Waals surface area contributed by atoms with E-state index in [-0.39, 0.29) is 6.61 Å². The number of anilines is 2. The highest BCUT2D eigenvalue weighted by molar-refractivity contribution is 5.66. The first kappa shape index (κ1) is 10.4. The molecule has 5 N–H and O–H groups in total. The highest BCUT2D eigenvalue weighted by Gasteiger charge is 2.09. The van der Waals surface area contributed by atoms with E-state index in [1.807, 2.05) is 0 Å². The van der Waals surface area contributed by atoms with Crippen LogP contribution in [-0.4, -0.2) is 21.9 Å². The van der Waals surface area contributed by atoms with Crippen LogP contribution in [0.3, 0.4) is 0 Å². The highest BCUT2D eigenvalue weighted by atomic mass is 16.5. The minimum absolute atomic E-state index is 0.0158. The van der Waals surface area contributed by atoms with Crippen LogP contribution in [0, 0.1) is 0 Å². The van der Waals surface area contributed by atoms with Crippen molar-refractivity contribution in [3.63, 3.8) is 0 Å². The molecule has 0 amide bonds. The van der Waals surface area contributed by atoms with E-state index in [0.717, 1.165) is 0 Å². The van der Waals surface area contributed by atoms with Crippen molar-refractivity contribution >= 4 is 11.4 Å². The fourth-order valence-corrected chi connectivity index (χ4v) is 1.37. The van der Waals surface area contributed by atoms with Gasteiger partial charge in [-0.2, -0.15) is 4.98 Å². The summed E-state index contributed by atoms with van der Waals surface area (Å²) in [5.41, 5.74) is 13.1. The molecule has 0 aliphatic heterocycles. The predicted octanol–water partition coefficient (Wildman–Crippen LogP) is 0.436. The number of benzene rings is 1. The first-order valence-corrected chi connectivity index (χ1v) is 4.79. The molecule has 0 radical (unpaired) electrons. The SMILES string of the molecule is Nc1cc(N)cc(-c2nc(CCO)no2)c1. The van der Waals surface area contributed by atoms with Crippen LogP contribution >= 0.6 is 0 Å². The maximum atomic E-state index is 8.73. The molecule has 1 aromatic heterocycles. The van der Waals surface area contributed by atoms with Gasteiger partial charge in [-0.05, 0) is 18.2 Å². The van der Waals surface area contributed by atoms with Crippen LogP contribution in [-0.2, 0) is 6.42 Å². The summed E-state index contributed by atoms with van der Waals surface area (Å²) in [6.45, 7) is -0.0158. The second-order valence-electron chi connectivity index (χ2n) is 3.38. The lowest BCUT2D eigenvalue weighted by atomic mass is 10.2. The molecule has 0 fully saturated rings. The van der Waals surface area contributed by atoms with Gasteiger partial charge in [-0.25, -0.2) is 0 Å². The number of nitrogens with two attached hydrogens (primary N) is 2. The summed E-state index contributed by atoms with van der Waals surface area (Å²) in [6, 6.07) is 5.05. The van der Waals surface area contributed by atoms with Crippen LogP contribution < -0.4 is 11.5 Å². The van der Waals surface area contributed by atoms with Gasteiger partial charge in [-0.15, -0.1) is 0 Å². The minimum atomic E-state index is -0.0158.